The highest BCUT2D eigenvalue weighted by atomic mass is 32.1. The summed E-state index contributed by atoms with van der Waals surface area (Å²) in [5.41, 5.74) is 1.41. The average Bonchev–Trinajstić information content (AvgIpc) is 3.03. The van der Waals surface area contributed by atoms with Gasteiger partial charge < -0.3 is 10.1 Å². The molecular weight excluding hydrogens is 417 g/mol. The first-order valence-corrected chi connectivity index (χ1v) is 10.5. The Morgan fingerprint density at radius 3 is 2.68 bits per heavy atom. The van der Waals surface area contributed by atoms with E-state index in [2.05, 4.69) is 10.3 Å². The Labute approximate surface area is 181 Å². The van der Waals surface area contributed by atoms with Crippen LogP contribution in [0.15, 0.2) is 59.7 Å². The van der Waals surface area contributed by atoms with Gasteiger partial charge in [0.15, 0.2) is 0 Å². The molecule has 4 aromatic rings. The SMILES string of the molecule is Cc1sc2ncn(CCC(=O)Nc3ccc(Oc4cccc(F)c4)cc3)c(=O)c2c1C. The van der Waals surface area contributed by atoms with Crippen molar-refractivity contribution in [2.45, 2.75) is 26.8 Å². The van der Waals surface area contributed by atoms with Gasteiger partial charge in [-0.25, -0.2) is 9.37 Å². The van der Waals surface area contributed by atoms with Gasteiger partial charge in [-0.3, -0.25) is 14.2 Å². The first-order valence-electron chi connectivity index (χ1n) is 9.69. The number of ether oxygens (including phenoxy) is 1. The minimum Gasteiger partial charge on any atom is -0.457 e. The van der Waals surface area contributed by atoms with Crippen LogP contribution in [0.3, 0.4) is 0 Å². The molecule has 0 aliphatic carbocycles. The van der Waals surface area contributed by atoms with Gasteiger partial charge in [-0.2, -0.15) is 0 Å². The fourth-order valence-corrected chi connectivity index (χ4v) is 4.14. The van der Waals surface area contributed by atoms with Crippen molar-refractivity contribution < 1.29 is 13.9 Å². The van der Waals surface area contributed by atoms with Crippen LogP contribution >= 0.6 is 11.3 Å². The van der Waals surface area contributed by atoms with Crippen molar-refractivity contribution in [3.05, 3.63) is 81.5 Å². The maximum atomic E-state index is 13.2. The summed E-state index contributed by atoms with van der Waals surface area (Å²) < 4.78 is 20.3. The molecular formula is C23H20FN3O3S. The topological polar surface area (TPSA) is 73.2 Å². The molecule has 0 unspecified atom stereocenters. The Morgan fingerprint density at radius 1 is 1.16 bits per heavy atom. The lowest BCUT2D eigenvalue weighted by Gasteiger charge is -2.09. The van der Waals surface area contributed by atoms with Crippen LogP contribution in [0.2, 0.25) is 0 Å². The first-order chi connectivity index (χ1) is 14.9. The number of carbonyl (C=O) groups excluding carboxylic acids is 1. The number of thiophene rings is 1. The number of nitrogens with one attached hydrogen (secondary N) is 1. The fraction of sp³-hybridized carbons (Fsp3) is 0.174. The second kappa shape index (κ2) is 8.69. The monoisotopic (exact) mass is 437 g/mol. The number of nitrogens with zero attached hydrogens (tertiary/aromatic N) is 2. The van der Waals surface area contributed by atoms with Crippen molar-refractivity contribution in [2.24, 2.45) is 0 Å². The number of hydrogen-bond donors (Lipinski definition) is 1. The third kappa shape index (κ3) is 4.64. The Hall–Kier alpha value is -3.52. The van der Waals surface area contributed by atoms with Crippen molar-refractivity contribution in [1.29, 1.82) is 0 Å². The lowest BCUT2D eigenvalue weighted by molar-refractivity contribution is -0.116. The summed E-state index contributed by atoms with van der Waals surface area (Å²) in [4.78, 5) is 31.2. The van der Waals surface area contributed by atoms with E-state index in [0.717, 1.165) is 15.3 Å². The molecule has 1 N–H and O–H groups in total. The third-order valence-electron chi connectivity index (χ3n) is 4.91. The molecule has 1 amide bonds. The summed E-state index contributed by atoms with van der Waals surface area (Å²) in [7, 11) is 0. The highest BCUT2D eigenvalue weighted by Gasteiger charge is 2.13. The molecule has 0 aliphatic rings. The van der Waals surface area contributed by atoms with E-state index in [1.54, 1.807) is 36.4 Å². The first kappa shape index (κ1) is 20.7. The highest BCUT2D eigenvalue weighted by molar-refractivity contribution is 7.18. The van der Waals surface area contributed by atoms with Gasteiger partial charge in [0.1, 0.15) is 22.1 Å². The van der Waals surface area contributed by atoms with E-state index in [1.807, 2.05) is 13.8 Å². The van der Waals surface area contributed by atoms with E-state index in [1.165, 1.54) is 34.4 Å². The fourth-order valence-electron chi connectivity index (χ4n) is 3.15. The molecule has 0 atom stereocenters. The van der Waals surface area contributed by atoms with Crippen LogP contribution in [0.5, 0.6) is 11.5 Å². The number of rotatable bonds is 6. The number of aryl methyl sites for hydroxylation is 3. The van der Waals surface area contributed by atoms with Crippen molar-refractivity contribution in [3.8, 4) is 11.5 Å². The molecule has 0 saturated carbocycles. The number of fused-ring (bicyclic) bond motifs is 1. The molecule has 2 aromatic carbocycles. The van der Waals surface area contributed by atoms with Crippen molar-refractivity contribution >= 4 is 33.1 Å². The van der Waals surface area contributed by atoms with Crippen molar-refractivity contribution in [2.75, 3.05) is 5.32 Å². The number of amides is 1. The van der Waals surface area contributed by atoms with E-state index < -0.39 is 0 Å². The van der Waals surface area contributed by atoms with Gasteiger partial charge in [-0.05, 0) is 55.8 Å². The van der Waals surface area contributed by atoms with Gasteiger partial charge in [0.05, 0.1) is 11.7 Å². The number of halogens is 1. The maximum absolute atomic E-state index is 13.2. The Morgan fingerprint density at radius 2 is 1.94 bits per heavy atom. The van der Waals surface area contributed by atoms with Gasteiger partial charge in [-0.1, -0.05) is 6.07 Å². The molecule has 4 rings (SSSR count). The minimum absolute atomic E-state index is 0.126. The Balaban J connectivity index is 1.37. The second-order valence-corrected chi connectivity index (χ2v) is 8.29. The second-order valence-electron chi connectivity index (χ2n) is 7.09. The van der Waals surface area contributed by atoms with Gasteiger partial charge in [0.2, 0.25) is 5.91 Å². The number of hydrogen-bond acceptors (Lipinski definition) is 5. The highest BCUT2D eigenvalue weighted by Crippen LogP contribution is 2.26. The lowest BCUT2D eigenvalue weighted by atomic mass is 10.2. The molecule has 2 aromatic heterocycles. The number of carbonyl (C=O) groups is 1. The van der Waals surface area contributed by atoms with E-state index in [0.29, 0.717) is 22.6 Å². The summed E-state index contributed by atoms with van der Waals surface area (Å²) in [6.07, 6.45) is 1.63. The molecule has 0 fully saturated rings. The number of anilines is 1. The van der Waals surface area contributed by atoms with Crippen LogP contribution < -0.4 is 15.6 Å². The van der Waals surface area contributed by atoms with Crippen molar-refractivity contribution in [1.82, 2.24) is 9.55 Å². The average molecular weight is 437 g/mol. The van der Waals surface area contributed by atoms with E-state index >= 15 is 0 Å². The standard InChI is InChI=1S/C23H20FN3O3S/c1-14-15(2)31-22-21(14)23(29)27(13-25-22)11-10-20(28)26-17-6-8-18(9-7-17)30-19-5-3-4-16(24)12-19/h3-9,12-13H,10-11H2,1-2H3,(H,26,28). The normalized spacial score (nSPS) is 10.9. The summed E-state index contributed by atoms with van der Waals surface area (Å²) in [5, 5.41) is 3.42. The molecule has 0 bridgehead atoms. The van der Waals surface area contributed by atoms with E-state index in [9.17, 15) is 14.0 Å². The quantitative estimate of drug-likeness (QED) is 0.459. The molecule has 0 radical (unpaired) electrons. The van der Waals surface area contributed by atoms with Crippen LogP contribution in [-0.2, 0) is 11.3 Å². The number of aromatic nitrogens is 2. The van der Waals surface area contributed by atoms with Gasteiger partial charge in [0.25, 0.3) is 5.56 Å². The summed E-state index contributed by atoms with van der Waals surface area (Å²) in [5.74, 6) is 0.322. The molecule has 0 spiro atoms. The molecule has 0 saturated heterocycles. The largest absolute Gasteiger partial charge is 0.457 e. The zero-order valence-corrected chi connectivity index (χ0v) is 17.8. The van der Waals surface area contributed by atoms with Crippen molar-refractivity contribution in [3.63, 3.8) is 0 Å². The predicted octanol–water partition coefficient (Wildman–Crippen LogP) is 5.04. The lowest BCUT2D eigenvalue weighted by Crippen LogP contribution is -2.23. The number of benzene rings is 2. The third-order valence-corrected chi connectivity index (χ3v) is 6.02. The molecule has 8 heteroatoms. The van der Waals surface area contributed by atoms with Crippen LogP contribution in [0.1, 0.15) is 16.9 Å². The maximum Gasteiger partial charge on any atom is 0.262 e. The molecule has 31 heavy (non-hydrogen) atoms. The summed E-state index contributed by atoms with van der Waals surface area (Å²) in [6, 6.07) is 12.6. The zero-order valence-electron chi connectivity index (χ0n) is 17.0. The van der Waals surface area contributed by atoms with Crippen LogP contribution in [0, 0.1) is 19.7 Å². The Kier molecular flexibility index (Phi) is 5.81. The molecule has 2 heterocycles. The van der Waals surface area contributed by atoms with Gasteiger partial charge in [0, 0.05) is 29.6 Å². The van der Waals surface area contributed by atoms with E-state index in [-0.39, 0.29) is 30.2 Å². The van der Waals surface area contributed by atoms with Crippen LogP contribution in [0.4, 0.5) is 10.1 Å². The smallest absolute Gasteiger partial charge is 0.262 e. The predicted molar refractivity (Wildman–Crippen MR) is 120 cm³/mol. The van der Waals surface area contributed by atoms with E-state index in [4.69, 9.17) is 4.74 Å². The van der Waals surface area contributed by atoms with Gasteiger partial charge in [-0.15, -0.1) is 11.3 Å². The summed E-state index contributed by atoms with van der Waals surface area (Å²) >= 11 is 1.50. The zero-order chi connectivity index (χ0) is 22.0. The summed E-state index contributed by atoms with van der Waals surface area (Å²) in [6.45, 7) is 4.12. The molecule has 0 aliphatic heterocycles. The van der Waals surface area contributed by atoms with Crippen LogP contribution in [-0.4, -0.2) is 15.5 Å². The minimum atomic E-state index is -0.376. The Bertz CT molecular complexity index is 1310. The van der Waals surface area contributed by atoms with Gasteiger partial charge >= 0.3 is 0 Å². The molecule has 158 valence electrons. The van der Waals surface area contributed by atoms with Crippen LogP contribution in [0.25, 0.3) is 10.2 Å². The molecule has 6 nitrogen and oxygen atoms in total.